The zero-order valence-corrected chi connectivity index (χ0v) is 21.3. The molecule has 0 aromatic carbocycles. The number of esters is 2. The Kier molecular flexibility index (Phi) is 17.9. The summed E-state index contributed by atoms with van der Waals surface area (Å²) in [6.45, 7) is 7.72. The molecule has 0 fully saturated rings. The molecule has 154 valence electrons. The van der Waals surface area contributed by atoms with Gasteiger partial charge in [-0.2, -0.15) is 0 Å². The van der Waals surface area contributed by atoms with Crippen LogP contribution in [-0.2, 0) is 29.2 Å². The van der Waals surface area contributed by atoms with E-state index < -0.39 is 39.8 Å². The molecule has 0 rings (SSSR count). The third kappa shape index (κ3) is 13.4. The average molecular weight is 433 g/mol. The first-order valence-electron chi connectivity index (χ1n) is 9.54. The second-order valence-corrected chi connectivity index (χ2v) is 8.07. The number of hydrogen-bond donors (Lipinski definition) is 0. The predicted molar refractivity (Wildman–Crippen MR) is 97.5 cm³/mol. The summed E-state index contributed by atoms with van der Waals surface area (Å²) < 4.78 is 44.9. The summed E-state index contributed by atoms with van der Waals surface area (Å²) in [5.74, 6) is -2.02. The summed E-state index contributed by atoms with van der Waals surface area (Å²) in [5, 5.41) is -2.06. The Morgan fingerprint density at radius 1 is 0.815 bits per heavy atom. The summed E-state index contributed by atoms with van der Waals surface area (Å²) in [6.07, 6.45) is 3.96. The van der Waals surface area contributed by atoms with Crippen molar-refractivity contribution in [3.05, 3.63) is 0 Å². The zero-order chi connectivity index (χ0) is 20.2. The predicted octanol–water partition coefficient (Wildman–Crippen LogP) is 0.318. The number of carbonyl (C=O) groups excluding carboxylic acids is 2. The van der Waals surface area contributed by atoms with Gasteiger partial charge < -0.3 is 14.0 Å². The monoisotopic (exact) mass is 432 g/mol. The van der Waals surface area contributed by atoms with Crippen molar-refractivity contribution in [2.75, 3.05) is 0 Å². The first-order valence-corrected chi connectivity index (χ1v) is 11.0. The minimum atomic E-state index is -5.02. The molecule has 0 aliphatic heterocycles. The fourth-order valence-electron chi connectivity index (χ4n) is 2.74. The van der Waals surface area contributed by atoms with Gasteiger partial charge in [-0.15, -0.1) is 0 Å². The van der Waals surface area contributed by atoms with Crippen molar-refractivity contribution >= 4 is 22.1 Å². The van der Waals surface area contributed by atoms with Crippen molar-refractivity contribution in [1.82, 2.24) is 0 Å². The SMILES string of the molecule is CCCC(CCC)OC(=O)CC(C(=O)OC(CCC)CCC)S(=O)(=O)[O-].[K+]. The van der Waals surface area contributed by atoms with Gasteiger partial charge in [0.2, 0.25) is 0 Å². The van der Waals surface area contributed by atoms with Crippen LogP contribution in [0.15, 0.2) is 0 Å². The van der Waals surface area contributed by atoms with Crippen molar-refractivity contribution in [1.29, 1.82) is 0 Å². The van der Waals surface area contributed by atoms with Crippen molar-refractivity contribution < 1.29 is 83.4 Å². The summed E-state index contributed by atoms with van der Waals surface area (Å²) >= 11 is 0. The van der Waals surface area contributed by atoms with Crippen LogP contribution in [0.5, 0.6) is 0 Å². The molecule has 1 unspecified atom stereocenters. The van der Waals surface area contributed by atoms with Crippen molar-refractivity contribution in [2.24, 2.45) is 0 Å². The fraction of sp³-hybridized carbons (Fsp3) is 0.889. The third-order valence-electron chi connectivity index (χ3n) is 3.99. The molecule has 1 atom stereocenters. The summed E-state index contributed by atoms with van der Waals surface area (Å²) in [5.41, 5.74) is 0. The Morgan fingerprint density at radius 3 is 1.52 bits per heavy atom. The molecule has 0 saturated heterocycles. The van der Waals surface area contributed by atoms with Crippen LogP contribution in [0.25, 0.3) is 0 Å². The van der Waals surface area contributed by atoms with Crippen LogP contribution in [0.3, 0.4) is 0 Å². The molecule has 0 radical (unpaired) electrons. The van der Waals surface area contributed by atoms with Crippen LogP contribution in [0.1, 0.15) is 85.5 Å². The topological polar surface area (TPSA) is 110 Å². The molecule has 0 amide bonds. The van der Waals surface area contributed by atoms with Crippen LogP contribution >= 0.6 is 0 Å². The van der Waals surface area contributed by atoms with Crippen LogP contribution in [0, 0.1) is 0 Å². The normalized spacial score (nSPS) is 12.6. The van der Waals surface area contributed by atoms with Gasteiger partial charge in [0.1, 0.15) is 22.3 Å². The first kappa shape index (κ1) is 29.7. The quantitative estimate of drug-likeness (QED) is 0.221. The summed E-state index contributed by atoms with van der Waals surface area (Å²) in [7, 11) is -5.02. The van der Waals surface area contributed by atoms with E-state index in [-0.39, 0.29) is 57.5 Å². The number of carbonyl (C=O) groups is 2. The smallest absolute Gasteiger partial charge is 0.747 e. The molecule has 0 bridgehead atoms. The Labute approximate surface area is 206 Å². The van der Waals surface area contributed by atoms with Crippen molar-refractivity contribution in [2.45, 2.75) is 103 Å². The zero-order valence-electron chi connectivity index (χ0n) is 17.4. The van der Waals surface area contributed by atoms with Gasteiger partial charge in [0.15, 0.2) is 5.25 Å². The molecule has 0 N–H and O–H groups in total. The van der Waals surface area contributed by atoms with E-state index in [0.29, 0.717) is 25.7 Å². The van der Waals surface area contributed by atoms with Gasteiger partial charge in [-0.3, -0.25) is 9.59 Å². The second-order valence-electron chi connectivity index (χ2n) is 6.51. The van der Waals surface area contributed by atoms with E-state index in [1.165, 1.54) is 0 Å². The van der Waals surface area contributed by atoms with Crippen LogP contribution in [-0.4, -0.2) is 42.4 Å². The maximum absolute atomic E-state index is 12.2. The van der Waals surface area contributed by atoms with Gasteiger partial charge in [0.25, 0.3) is 0 Å². The number of ether oxygens (including phenoxy) is 2. The maximum Gasteiger partial charge on any atom is 1.00 e. The van der Waals surface area contributed by atoms with Gasteiger partial charge in [-0.1, -0.05) is 53.4 Å². The summed E-state index contributed by atoms with van der Waals surface area (Å²) in [6, 6.07) is 0. The molecule has 0 saturated carbocycles. The Morgan fingerprint density at radius 2 is 1.19 bits per heavy atom. The minimum Gasteiger partial charge on any atom is -0.747 e. The minimum absolute atomic E-state index is 0. The summed E-state index contributed by atoms with van der Waals surface area (Å²) in [4.78, 5) is 24.3. The number of hydrogen-bond acceptors (Lipinski definition) is 7. The molecule has 7 nitrogen and oxygen atoms in total. The van der Waals surface area contributed by atoms with E-state index in [1.807, 2.05) is 27.7 Å². The van der Waals surface area contributed by atoms with E-state index in [1.54, 1.807) is 0 Å². The molecule has 0 aliphatic rings. The van der Waals surface area contributed by atoms with E-state index in [2.05, 4.69) is 0 Å². The Bertz CT molecular complexity index is 510. The number of rotatable bonds is 14. The van der Waals surface area contributed by atoms with Crippen molar-refractivity contribution in [3.8, 4) is 0 Å². The Hall–Kier alpha value is 0.486. The maximum atomic E-state index is 12.2. The van der Waals surface area contributed by atoms with Crippen LogP contribution in [0.4, 0.5) is 0 Å². The van der Waals surface area contributed by atoms with E-state index in [9.17, 15) is 22.6 Å². The standard InChI is InChI=1S/C18H34O7S.K/c1-5-9-14(10-6-2)24-17(19)13-16(26(21,22)23)18(20)25-15(11-7-3)12-8-4;/h14-16H,5-13H2,1-4H3,(H,21,22,23);/q;+1/p-1. The third-order valence-corrected chi connectivity index (χ3v) is 5.04. The molecular weight excluding hydrogens is 399 g/mol. The molecule has 0 aromatic rings. The molecule has 0 aliphatic carbocycles. The van der Waals surface area contributed by atoms with Gasteiger partial charge in [-0.05, 0) is 25.7 Å². The molecule has 0 aromatic heterocycles. The largest absolute Gasteiger partial charge is 1.00 e. The van der Waals surface area contributed by atoms with Crippen molar-refractivity contribution in [3.63, 3.8) is 0 Å². The van der Waals surface area contributed by atoms with Gasteiger partial charge >= 0.3 is 63.3 Å². The molecular formula is C18H33KO7S. The second kappa shape index (κ2) is 16.3. The van der Waals surface area contributed by atoms with Gasteiger partial charge in [-0.25, -0.2) is 8.42 Å². The fourth-order valence-corrected chi connectivity index (χ4v) is 3.37. The van der Waals surface area contributed by atoms with Gasteiger partial charge in [0, 0.05) is 0 Å². The van der Waals surface area contributed by atoms with E-state index >= 15 is 0 Å². The van der Waals surface area contributed by atoms with E-state index in [0.717, 1.165) is 25.7 Å². The average Bonchev–Trinajstić information content (AvgIpc) is 2.52. The van der Waals surface area contributed by atoms with Gasteiger partial charge in [0.05, 0.1) is 6.42 Å². The van der Waals surface area contributed by atoms with Crippen LogP contribution < -0.4 is 51.4 Å². The van der Waals surface area contributed by atoms with Crippen LogP contribution in [0.2, 0.25) is 0 Å². The molecule has 9 heteroatoms. The van der Waals surface area contributed by atoms with E-state index in [4.69, 9.17) is 9.47 Å². The molecule has 0 heterocycles. The molecule has 0 spiro atoms. The molecule has 27 heavy (non-hydrogen) atoms. The first-order chi connectivity index (χ1) is 12.2. The Balaban J connectivity index is 0.